The molecule has 1 aliphatic rings. The largest absolute Gasteiger partial charge is 0.481 e. The van der Waals surface area contributed by atoms with Gasteiger partial charge in [0.05, 0.1) is 5.92 Å². The lowest BCUT2D eigenvalue weighted by molar-refractivity contribution is -0.142. The number of pyridine rings is 1. The topological polar surface area (TPSA) is 53.4 Å². The van der Waals surface area contributed by atoms with Crippen LogP contribution in [-0.4, -0.2) is 29.1 Å². The number of hydrogen-bond acceptors (Lipinski definition) is 3. The molecule has 0 spiro atoms. The molecule has 1 fully saturated rings. The number of carboxylic acids is 1. The Kier molecular flexibility index (Phi) is 3.08. The summed E-state index contributed by atoms with van der Waals surface area (Å²) in [4.78, 5) is 17.4. The molecular formula is C12H16N2O2. The van der Waals surface area contributed by atoms with E-state index in [9.17, 15) is 4.79 Å². The molecule has 4 heteroatoms. The summed E-state index contributed by atoms with van der Waals surface area (Å²) in [5.74, 6) is 0.301. The monoisotopic (exact) mass is 220 g/mol. The maximum absolute atomic E-state index is 11.0. The number of nitrogens with zero attached hydrogens (tertiary/aromatic N) is 2. The minimum atomic E-state index is -0.701. The maximum atomic E-state index is 11.0. The Balaban J connectivity index is 2.14. The Morgan fingerprint density at radius 2 is 2.31 bits per heavy atom. The summed E-state index contributed by atoms with van der Waals surface area (Å²) >= 11 is 0. The van der Waals surface area contributed by atoms with E-state index in [1.54, 1.807) is 6.20 Å². The second kappa shape index (κ2) is 4.51. The fourth-order valence-electron chi connectivity index (χ4n) is 2.26. The summed E-state index contributed by atoms with van der Waals surface area (Å²) in [5.41, 5.74) is 0. The van der Waals surface area contributed by atoms with Crippen molar-refractivity contribution in [1.82, 2.24) is 4.98 Å². The molecule has 0 amide bonds. The third-order valence-electron chi connectivity index (χ3n) is 2.98. The molecule has 86 valence electrons. The van der Waals surface area contributed by atoms with E-state index < -0.39 is 5.97 Å². The average Bonchev–Trinajstić information content (AvgIpc) is 2.29. The van der Waals surface area contributed by atoms with Gasteiger partial charge in [-0.25, -0.2) is 4.98 Å². The average molecular weight is 220 g/mol. The van der Waals surface area contributed by atoms with Gasteiger partial charge < -0.3 is 10.0 Å². The molecule has 2 atom stereocenters. The maximum Gasteiger partial charge on any atom is 0.308 e. The highest BCUT2D eigenvalue weighted by molar-refractivity contribution is 5.71. The first-order chi connectivity index (χ1) is 7.66. The van der Waals surface area contributed by atoms with Crippen molar-refractivity contribution in [2.75, 3.05) is 18.0 Å². The third kappa shape index (κ3) is 2.32. The van der Waals surface area contributed by atoms with Gasteiger partial charge in [0.2, 0.25) is 0 Å². The van der Waals surface area contributed by atoms with Crippen LogP contribution in [0.1, 0.15) is 13.3 Å². The number of aromatic nitrogens is 1. The van der Waals surface area contributed by atoms with Crippen molar-refractivity contribution < 1.29 is 9.90 Å². The fourth-order valence-corrected chi connectivity index (χ4v) is 2.26. The Bertz CT molecular complexity index is 367. The normalized spacial score (nSPS) is 25.4. The zero-order valence-electron chi connectivity index (χ0n) is 9.34. The van der Waals surface area contributed by atoms with Crippen LogP contribution < -0.4 is 4.90 Å². The Morgan fingerprint density at radius 1 is 1.50 bits per heavy atom. The summed E-state index contributed by atoms with van der Waals surface area (Å²) in [5, 5.41) is 9.07. The first-order valence-electron chi connectivity index (χ1n) is 5.55. The number of carboxylic acid groups (broad SMARTS) is 1. The molecule has 0 radical (unpaired) electrons. The van der Waals surface area contributed by atoms with Crippen LogP contribution in [0, 0.1) is 11.8 Å². The lowest BCUT2D eigenvalue weighted by Crippen LogP contribution is -2.42. The van der Waals surface area contributed by atoms with Gasteiger partial charge in [0.25, 0.3) is 0 Å². The van der Waals surface area contributed by atoms with E-state index in [0.717, 1.165) is 18.8 Å². The predicted octanol–water partition coefficient (Wildman–Crippen LogP) is 1.63. The molecule has 1 aliphatic heterocycles. The molecule has 0 saturated carbocycles. The number of rotatable bonds is 2. The van der Waals surface area contributed by atoms with Crippen molar-refractivity contribution in [3.8, 4) is 0 Å². The van der Waals surface area contributed by atoms with Gasteiger partial charge in [-0.15, -0.1) is 0 Å². The Morgan fingerprint density at radius 3 is 2.94 bits per heavy atom. The molecule has 1 aromatic heterocycles. The summed E-state index contributed by atoms with van der Waals surface area (Å²) < 4.78 is 0. The molecule has 1 saturated heterocycles. The Labute approximate surface area is 94.9 Å². The number of carbonyl (C=O) groups is 1. The minimum absolute atomic E-state index is 0.272. The van der Waals surface area contributed by atoms with Crippen LogP contribution in [0.15, 0.2) is 24.4 Å². The first kappa shape index (κ1) is 10.9. The number of aliphatic carboxylic acids is 1. The van der Waals surface area contributed by atoms with E-state index in [2.05, 4.69) is 16.8 Å². The molecule has 0 bridgehead atoms. The zero-order valence-corrected chi connectivity index (χ0v) is 9.34. The summed E-state index contributed by atoms with van der Waals surface area (Å²) in [6.45, 7) is 3.54. The molecule has 0 aliphatic carbocycles. The van der Waals surface area contributed by atoms with Gasteiger partial charge >= 0.3 is 5.97 Å². The quantitative estimate of drug-likeness (QED) is 0.823. The highest BCUT2D eigenvalue weighted by Crippen LogP contribution is 2.25. The van der Waals surface area contributed by atoms with Crippen molar-refractivity contribution in [3.63, 3.8) is 0 Å². The Hall–Kier alpha value is -1.58. The molecule has 4 nitrogen and oxygen atoms in total. The highest BCUT2D eigenvalue weighted by Gasteiger charge is 2.29. The second-order valence-electron chi connectivity index (χ2n) is 4.47. The lowest BCUT2D eigenvalue weighted by Gasteiger charge is -2.35. The molecule has 2 heterocycles. The highest BCUT2D eigenvalue weighted by atomic mass is 16.4. The van der Waals surface area contributed by atoms with Crippen molar-refractivity contribution >= 4 is 11.8 Å². The smallest absolute Gasteiger partial charge is 0.308 e. The molecular weight excluding hydrogens is 204 g/mol. The third-order valence-corrected chi connectivity index (χ3v) is 2.98. The predicted molar refractivity (Wildman–Crippen MR) is 61.4 cm³/mol. The first-order valence-corrected chi connectivity index (χ1v) is 5.55. The number of anilines is 1. The molecule has 0 aromatic carbocycles. The van der Waals surface area contributed by atoms with Crippen LogP contribution in [0.5, 0.6) is 0 Å². The van der Waals surface area contributed by atoms with Crippen molar-refractivity contribution in [2.45, 2.75) is 13.3 Å². The van der Waals surface area contributed by atoms with Crippen LogP contribution in [-0.2, 0) is 4.79 Å². The summed E-state index contributed by atoms with van der Waals surface area (Å²) in [7, 11) is 0. The molecule has 16 heavy (non-hydrogen) atoms. The molecule has 2 rings (SSSR count). The van der Waals surface area contributed by atoms with E-state index in [0.29, 0.717) is 12.5 Å². The minimum Gasteiger partial charge on any atom is -0.481 e. The van der Waals surface area contributed by atoms with Crippen LogP contribution in [0.3, 0.4) is 0 Å². The van der Waals surface area contributed by atoms with E-state index in [4.69, 9.17) is 5.11 Å². The molecule has 2 unspecified atom stereocenters. The van der Waals surface area contributed by atoms with E-state index in [1.165, 1.54) is 0 Å². The zero-order chi connectivity index (χ0) is 11.5. The van der Waals surface area contributed by atoms with Crippen LogP contribution in [0.4, 0.5) is 5.82 Å². The number of hydrogen-bond donors (Lipinski definition) is 1. The van der Waals surface area contributed by atoms with Gasteiger partial charge in [0.15, 0.2) is 0 Å². The standard InChI is InChI=1S/C12H16N2O2/c1-9-6-10(12(15)16)8-14(7-9)11-4-2-3-5-13-11/h2-5,9-10H,6-8H2,1H3,(H,15,16). The molecule has 1 N–H and O–H groups in total. The van der Waals surface area contributed by atoms with Gasteiger partial charge in [-0.1, -0.05) is 13.0 Å². The van der Waals surface area contributed by atoms with E-state index >= 15 is 0 Å². The van der Waals surface area contributed by atoms with Gasteiger partial charge in [-0.05, 0) is 24.5 Å². The van der Waals surface area contributed by atoms with Gasteiger partial charge in [-0.3, -0.25) is 4.79 Å². The van der Waals surface area contributed by atoms with Gasteiger partial charge in [0.1, 0.15) is 5.82 Å². The van der Waals surface area contributed by atoms with Crippen molar-refractivity contribution in [3.05, 3.63) is 24.4 Å². The van der Waals surface area contributed by atoms with Crippen molar-refractivity contribution in [1.29, 1.82) is 0 Å². The SMILES string of the molecule is CC1CC(C(=O)O)CN(c2ccccn2)C1. The van der Waals surface area contributed by atoms with Gasteiger partial charge in [0, 0.05) is 19.3 Å². The van der Waals surface area contributed by atoms with E-state index in [-0.39, 0.29) is 5.92 Å². The van der Waals surface area contributed by atoms with E-state index in [1.807, 2.05) is 18.2 Å². The summed E-state index contributed by atoms with van der Waals surface area (Å²) in [6.07, 6.45) is 2.50. The van der Waals surface area contributed by atoms with Crippen LogP contribution in [0.25, 0.3) is 0 Å². The van der Waals surface area contributed by atoms with Crippen LogP contribution >= 0.6 is 0 Å². The van der Waals surface area contributed by atoms with Gasteiger partial charge in [-0.2, -0.15) is 0 Å². The lowest BCUT2D eigenvalue weighted by atomic mass is 9.90. The summed E-state index contributed by atoms with van der Waals surface area (Å²) in [6, 6.07) is 5.72. The fraction of sp³-hybridized carbons (Fsp3) is 0.500. The molecule has 1 aromatic rings. The van der Waals surface area contributed by atoms with Crippen molar-refractivity contribution in [2.24, 2.45) is 11.8 Å². The second-order valence-corrected chi connectivity index (χ2v) is 4.47. The van der Waals surface area contributed by atoms with Crippen LogP contribution in [0.2, 0.25) is 0 Å². The number of piperidine rings is 1.